The number of aliphatic hydroxyl groups excluding tert-OH is 1. The average Bonchev–Trinajstić information content (AvgIpc) is 2.37. The zero-order valence-corrected chi connectivity index (χ0v) is 12.1. The lowest BCUT2D eigenvalue weighted by molar-refractivity contribution is -0.114. The van der Waals surface area contributed by atoms with Crippen LogP contribution in [0.25, 0.3) is 0 Å². The average molecular weight is 265 g/mol. The molecule has 0 aliphatic heterocycles. The number of aliphatic hydroxyl groups is 1. The van der Waals surface area contributed by atoms with E-state index in [1.165, 1.54) is 14.0 Å². The molecule has 0 heterocycles. The number of anilines is 1. The van der Waals surface area contributed by atoms with Crippen molar-refractivity contribution in [3.05, 3.63) is 42.2 Å². The molecule has 1 rings (SSSR count). The first-order chi connectivity index (χ1) is 9.02. The number of rotatable bonds is 5. The molecule has 0 aliphatic carbocycles. The Labute approximate surface area is 115 Å². The number of carbonyl (C=O) groups is 1. The molecule has 0 spiro atoms. The molecule has 4 nitrogen and oxygen atoms in total. The van der Waals surface area contributed by atoms with E-state index in [0.29, 0.717) is 6.42 Å². The Morgan fingerprint density at radius 1 is 1.47 bits per heavy atom. The van der Waals surface area contributed by atoms with Gasteiger partial charge in [0.15, 0.2) is 0 Å². The number of ether oxygens (including phenoxy) is 1. The van der Waals surface area contributed by atoms with Crippen LogP contribution in [-0.4, -0.2) is 24.2 Å². The number of nitrogens with one attached hydrogen (secondary N) is 1. The molecule has 1 atom stereocenters. The molecule has 1 aromatic rings. The van der Waals surface area contributed by atoms with Gasteiger partial charge in [0.1, 0.15) is 11.9 Å². The minimum atomic E-state index is -0.428. The molecule has 4 heteroatoms. The number of hydrogen-bond donors (Lipinski definition) is 2. The van der Waals surface area contributed by atoms with Crippen LogP contribution < -0.4 is 5.32 Å². The summed E-state index contributed by atoms with van der Waals surface area (Å²) in [6.07, 6.45) is 0.0850. The van der Waals surface area contributed by atoms with Gasteiger partial charge in [-0.2, -0.15) is 0 Å². The Morgan fingerprint density at radius 2 is 2.11 bits per heavy atom. The second kappa shape index (κ2) is 9.16. The summed E-state index contributed by atoms with van der Waals surface area (Å²) in [5, 5.41) is 12.0. The van der Waals surface area contributed by atoms with E-state index in [9.17, 15) is 9.90 Å². The maximum absolute atomic E-state index is 10.9. The molecule has 2 N–H and O–H groups in total. The third kappa shape index (κ3) is 6.62. The van der Waals surface area contributed by atoms with Crippen LogP contribution in [0, 0.1) is 0 Å². The number of benzene rings is 1. The summed E-state index contributed by atoms with van der Waals surface area (Å²) in [7, 11) is 1.52. The van der Waals surface area contributed by atoms with E-state index < -0.39 is 6.10 Å². The fourth-order valence-electron chi connectivity index (χ4n) is 1.53. The molecule has 106 valence electrons. The molecule has 0 saturated heterocycles. The van der Waals surface area contributed by atoms with Gasteiger partial charge < -0.3 is 15.2 Å². The maximum atomic E-state index is 10.9. The van der Waals surface area contributed by atoms with Crippen LogP contribution in [0.4, 0.5) is 5.69 Å². The molecule has 0 saturated carbocycles. The Balaban J connectivity index is 0.00000154. The van der Waals surface area contributed by atoms with Gasteiger partial charge in [0.05, 0.1) is 0 Å². The lowest BCUT2D eigenvalue weighted by Crippen LogP contribution is -2.16. The number of carbonyl (C=O) groups excluding carboxylic acids is 1. The summed E-state index contributed by atoms with van der Waals surface area (Å²) in [6.45, 7) is 8.91. The molecule has 0 bridgehead atoms. The maximum Gasteiger partial charge on any atom is 0.221 e. The summed E-state index contributed by atoms with van der Waals surface area (Å²) in [5.74, 6) is -0.116. The van der Waals surface area contributed by atoms with Crippen LogP contribution in [0.3, 0.4) is 0 Å². The van der Waals surface area contributed by atoms with Crippen molar-refractivity contribution in [2.24, 2.45) is 0 Å². The van der Waals surface area contributed by atoms with Gasteiger partial charge in [0.25, 0.3) is 0 Å². The zero-order valence-electron chi connectivity index (χ0n) is 12.1. The van der Waals surface area contributed by atoms with Crippen LogP contribution in [-0.2, 0) is 16.0 Å². The molecule has 1 unspecified atom stereocenters. The standard InChI is InChI=1S/C13H17NO3.C2H6/c1-9(15)13(17-3)8-11-5-4-6-12(7-11)14-10(2)16;1-2/h4-7,13,15H,1,8H2,2-3H3,(H,14,16);1-2H3. The first-order valence-electron chi connectivity index (χ1n) is 6.30. The van der Waals surface area contributed by atoms with Crippen molar-refractivity contribution in [2.45, 2.75) is 33.3 Å². The molecular weight excluding hydrogens is 242 g/mol. The Kier molecular flexibility index (Phi) is 8.29. The summed E-state index contributed by atoms with van der Waals surface area (Å²) in [5.41, 5.74) is 1.69. The highest BCUT2D eigenvalue weighted by Crippen LogP contribution is 2.15. The van der Waals surface area contributed by atoms with Crippen molar-refractivity contribution in [2.75, 3.05) is 12.4 Å². The number of methoxy groups -OCH3 is 1. The van der Waals surface area contributed by atoms with Crippen molar-refractivity contribution in [1.29, 1.82) is 0 Å². The van der Waals surface area contributed by atoms with Gasteiger partial charge in [-0.15, -0.1) is 0 Å². The molecule has 19 heavy (non-hydrogen) atoms. The number of amides is 1. The monoisotopic (exact) mass is 265 g/mol. The molecule has 0 aromatic heterocycles. The Morgan fingerprint density at radius 3 is 2.58 bits per heavy atom. The van der Waals surface area contributed by atoms with Crippen molar-refractivity contribution in [1.82, 2.24) is 0 Å². The van der Waals surface area contributed by atoms with Gasteiger partial charge in [-0.3, -0.25) is 4.79 Å². The largest absolute Gasteiger partial charge is 0.510 e. The van der Waals surface area contributed by atoms with E-state index in [1.54, 1.807) is 6.07 Å². The van der Waals surface area contributed by atoms with Gasteiger partial charge in [0.2, 0.25) is 5.91 Å². The fraction of sp³-hybridized carbons (Fsp3) is 0.400. The van der Waals surface area contributed by atoms with E-state index in [-0.39, 0.29) is 11.7 Å². The molecule has 1 amide bonds. The van der Waals surface area contributed by atoms with Crippen LogP contribution in [0.5, 0.6) is 0 Å². The Bertz CT molecular complexity index is 416. The lowest BCUT2D eigenvalue weighted by atomic mass is 10.1. The van der Waals surface area contributed by atoms with Crippen LogP contribution in [0.1, 0.15) is 26.3 Å². The first-order valence-corrected chi connectivity index (χ1v) is 6.30. The smallest absolute Gasteiger partial charge is 0.221 e. The lowest BCUT2D eigenvalue weighted by Gasteiger charge is -2.14. The summed E-state index contributed by atoms with van der Waals surface area (Å²) < 4.78 is 5.10. The minimum absolute atomic E-state index is 0.00238. The molecule has 0 aliphatic rings. The summed E-state index contributed by atoms with van der Waals surface area (Å²) >= 11 is 0. The molecular formula is C15H23NO3. The molecule has 0 radical (unpaired) electrons. The summed E-state index contributed by atoms with van der Waals surface area (Å²) in [4.78, 5) is 10.9. The van der Waals surface area contributed by atoms with Crippen molar-refractivity contribution < 1.29 is 14.6 Å². The van der Waals surface area contributed by atoms with E-state index in [2.05, 4.69) is 11.9 Å². The second-order valence-corrected chi connectivity index (χ2v) is 3.80. The van der Waals surface area contributed by atoms with E-state index in [0.717, 1.165) is 11.3 Å². The van der Waals surface area contributed by atoms with Crippen molar-refractivity contribution >= 4 is 11.6 Å². The highest BCUT2D eigenvalue weighted by Gasteiger charge is 2.11. The highest BCUT2D eigenvalue weighted by atomic mass is 16.5. The third-order valence-corrected chi connectivity index (χ3v) is 2.32. The SMILES string of the molecule is C=C(O)C(Cc1cccc(NC(C)=O)c1)OC.CC. The van der Waals surface area contributed by atoms with Crippen molar-refractivity contribution in [3.63, 3.8) is 0 Å². The quantitative estimate of drug-likeness (QED) is 0.803. The third-order valence-electron chi connectivity index (χ3n) is 2.32. The summed E-state index contributed by atoms with van der Waals surface area (Å²) in [6, 6.07) is 7.39. The zero-order chi connectivity index (χ0) is 14.8. The van der Waals surface area contributed by atoms with Gasteiger partial charge >= 0.3 is 0 Å². The molecule has 0 fully saturated rings. The highest BCUT2D eigenvalue weighted by molar-refractivity contribution is 5.88. The first kappa shape index (κ1) is 17.2. The predicted octanol–water partition coefficient (Wildman–Crippen LogP) is 3.30. The topological polar surface area (TPSA) is 58.6 Å². The van der Waals surface area contributed by atoms with Crippen LogP contribution in [0.15, 0.2) is 36.6 Å². The predicted molar refractivity (Wildman–Crippen MR) is 78.4 cm³/mol. The fourth-order valence-corrected chi connectivity index (χ4v) is 1.53. The van der Waals surface area contributed by atoms with Crippen LogP contribution >= 0.6 is 0 Å². The number of hydrogen-bond acceptors (Lipinski definition) is 3. The van der Waals surface area contributed by atoms with Crippen LogP contribution in [0.2, 0.25) is 0 Å². The minimum Gasteiger partial charge on any atom is -0.510 e. The normalized spacial score (nSPS) is 10.9. The Hall–Kier alpha value is -1.81. The van der Waals surface area contributed by atoms with Gasteiger partial charge in [0, 0.05) is 26.1 Å². The van der Waals surface area contributed by atoms with Gasteiger partial charge in [-0.05, 0) is 17.7 Å². The second-order valence-electron chi connectivity index (χ2n) is 3.80. The van der Waals surface area contributed by atoms with Gasteiger partial charge in [-0.25, -0.2) is 0 Å². The van der Waals surface area contributed by atoms with E-state index in [4.69, 9.17) is 4.74 Å². The van der Waals surface area contributed by atoms with E-state index >= 15 is 0 Å². The molecule has 1 aromatic carbocycles. The van der Waals surface area contributed by atoms with Crippen molar-refractivity contribution in [3.8, 4) is 0 Å². The van der Waals surface area contributed by atoms with E-state index in [1.807, 2.05) is 32.0 Å². The van der Waals surface area contributed by atoms with Gasteiger partial charge in [-0.1, -0.05) is 32.6 Å².